The predicted octanol–water partition coefficient (Wildman–Crippen LogP) is 1.50. The van der Waals surface area contributed by atoms with Crippen LogP contribution in [0.1, 0.15) is 42.9 Å². The molecule has 3 atom stereocenters. The van der Waals surface area contributed by atoms with Crippen LogP contribution in [-0.2, 0) is 29.4 Å². The minimum atomic E-state index is -0.698. The summed E-state index contributed by atoms with van der Waals surface area (Å²) in [6.45, 7) is 2.82. The molecular formula is C14H20N2O3. The SMILES string of the molecule is CC1CC(c2nc3c(n2C)CCC(C(=O)O)C3)CO1. The average Bonchev–Trinajstić information content (AvgIpc) is 2.93. The summed E-state index contributed by atoms with van der Waals surface area (Å²) < 4.78 is 7.78. The lowest BCUT2D eigenvalue weighted by Gasteiger charge is -2.18. The summed E-state index contributed by atoms with van der Waals surface area (Å²) in [5.74, 6) is 0.457. The first-order valence-electron chi connectivity index (χ1n) is 6.95. The van der Waals surface area contributed by atoms with E-state index >= 15 is 0 Å². The fourth-order valence-corrected chi connectivity index (χ4v) is 3.30. The number of hydrogen-bond donors (Lipinski definition) is 1. The number of aromatic nitrogens is 2. The van der Waals surface area contributed by atoms with E-state index in [1.165, 1.54) is 5.69 Å². The Balaban J connectivity index is 1.87. The molecule has 5 nitrogen and oxygen atoms in total. The second-order valence-corrected chi connectivity index (χ2v) is 5.78. The summed E-state index contributed by atoms with van der Waals surface area (Å²) in [7, 11) is 2.05. The molecule has 0 saturated carbocycles. The van der Waals surface area contributed by atoms with Gasteiger partial charge in [0.2, 0.25) is 0 Å². The standard InChI is InChI=1S/C14H20N2O3/c1-8-5-10(7-19-8)13-15-11-6-9(14(17)18)3-4-12(11)16(13)2/h8-10H,3-7H2,1-2H3,(H,17,18). The molecule has 19 heavy (non-hydrogen) atoms. The molecule has 0 spiro atoms. The lowest BCUT2D eigenvalue weighted by atomic mass is 9.90. The Morgan fingerprint density at radius 1 is 1.53 bits per heavy atom. The highest BCUT2D eigenvalue weighted by atomic mass is 16.5. The maximum absolute atomic E-state index is 11.1. The Morgan fingerprint density at radius 3 is 2.95 bits per heavy atom. The number of carboxylic acids is 1. The van der Waals surface area contributed by atoms with Crippen molar-refractivity contribution in [1.82, 2.24) is 9.55 Å². The molecule has 3 rings (SSSR count). The van der Waals surface area contributed by atoms with Crippen molar-refractivity contribution in [3.05, 3.63) is 17.2 Å². The first-order valence-corrected chi connectivity index (χ1v) is 6.95. The minimum absolute atomic E-state index is 0.269. The van der Waals surface area contributed by atoms with Gasteiger partial charge in [-0.25, -0.2) is 4.98 Å². The van der Waals surface area contributed by atoms with E-state index in [0.717, 1.165) is 37.4 Å². The van der Waals surface area contributed by atoms with Gasteiger partial charge in [-0.05, 0) is 26.2 Å². The van der Waals surface area contributed by atoms with Gasteiger partial charge in [0.25, 0.3) is 0 Å². The smallest absolute Gasteiger partial charge is 0.306 e. The van der Waals surface area contributed by atoms with Crippen LogP contribution in [0.2, 0.25) is 0 Å². The van der Waals surface area contributed by atoms with Gasteiger partial charge in [-0.2, -0.15) is 0 Å². The summed E-state index contributed by atoms with van der Waals surface area (Å²) in [5, 5.41) is 9.13. The van der Waals surface area contributed by atoms with Crippen LogP contribution in [0.15, 0.2) is 0 Å². The van der Waals surface area contributed by atoms with Gasteiger partial charge in [0.15, 0.2) is 0 Å². The molecular weight excluding hydrogens is 244 g/mol. The van der Waals surface area contributed by atoms with Crippen LogP contribution in [0, 0.1) is 5.92 Å². The van der Waals surface area contributed by atoms with Gasteiger partial charge in [-0.1, -0.05) is 0 Å². The summed E-state index contributed by atoms with van der Waals surface area (Å²) >= 11 is 0. The molecule has 104 valence electrons. The van der Waals surface area contributed by atoms with Gasteiger partial charge in [-0.3, -0.25) is 4.79 Å². The normalized spacial score (nSPS) is 30.3. The number of carboxylic acid groups (broad SMARTS) is 1. The average molecular weight is 264 g/mol. The second kappa shape index (κ2) is 4.63. The summed E-state index contributed by atoms with van der Waals surface area (Å²) in [6, 6.07) is 0. The number of rotatable bonds is 2. The fraction of sp³-hybridized carbons (Fsp3) is 0.714. The van der Waals surface area contributed by atoms with E-state index in [9.17, 15) is 4.79 Å². The third-order valence-electron chi connectivity index (χ3n) is 4.41. The van der Waals surface area contributed by atoms with Gasteiger partial charge in [0, 0.05) is 25.1 Å². The maximum Gasteiger partial charge on any atom is 0.306 e. The van der Waals surface area contributed by atoms with E-state index in [-0.39, 0.29) is 5.92 Å². The number of ether oxygens (including phenoxy) is 1. The second-order valence-electron chi connectivity index (χ2n) is 5.78. The zero-order valence-electron chi connectivity index (χ0n) is 11.4. The van der Waals surface area contributed by atoms with Crippen LogP contribution in [-0.4, -0.2) is 33.3 Å². The topological polar surface area (TPSA) is 64.4 Å². The van der Waals surface area contributed by atoms with E-state index in [0.29, 0.717) is 18.4 Å². The molecule has 3 unspecified atom stereocenters. The maximum atomic E-state index is 11.1. The summed E-state index contributed by atoms with van der Waals surface area (Å²) in [6.07, 6.45) is 3.41. The third kappa shape index (κ3) is 2.16. The van der Waals surface area contributed by atoms with E-state index < -0.39 is 5.97 Å². The molecule has 0 bridgehead atoms. The summed E-state index contributed by atoms with van der Waals surface area (Å²) in [4.78, 5) is 15.8. The molecule has 1 aromatic heterocycles. The molecule has 0 amide bonds. The lowest BCUT2D eigenvalue weighted by molar-refractivity contribution is -0.142. The van der Waals surface area contributed by atoms with Crippen molar-refractivity contribution in [2.75, 3.05) is 6.61 Å². The van der Waals surface area contributed by atoms with Crippen LogP contribution in [0.5, 0.6) is 0 Å². The Labute approximate surface area is 112 Å². The van der Waals surface area contributed by atoms with Crippen LogP contribution in [0.4, 0.5) is 0 Å². The molecule has 1 aliphatic heterocycles. The van der Waals surface area contributed by atoms with Crippen molar-refractivity contribution in [3.63, 3.8) is 0 Å². The molecule has 0 radical (unpaired) electrons. The highest BCUT2D eigenvalue weighted by molar-refractivity contribution is 5.70. The number of carbonyl (C=O) groups is 1. The number of hydrogen-bond acceptors (Lipinski definition) is 3. The van der Waals surface area contributed by atoms with E-state index in [4.69, 9.17) is 14.8 Å². The van der Waals surface area contributed by atoms with Crippen LogP contribution >= 0.6 is 0 Å². The van der Waals surface area contributed by atoms with E-state index in [1.807, 2.05) is 7.05 Å². The molecule has 1 N–H and O–H groups in total. The number of fused-ring (bicyclic) bond motifs is 1. The van der Waals surface area contributed by atoms with Crippen LogP contribution < -0.4 is 0 Å². The van der Waals surface area contributed by atoms with Crippen LogP contribution in [0.25, 0.3) is 0 Å². The highest BCUT2D eigenvalue weighted by Gasteiger charge is 2.32. The van der Waals surface area contributed by atoms with Gasteiger partial charge >= 0.3 is 5.97 Å². The first-order chi connectivity index (χ1) is 9.06. The van der Waals surface area contributed by atoms with Crippen molar-refractivity contribution in [2.45, 2.75) is 44.6 Å². The Hall–Kier alpha value is -1.36. The monoisotopic (exact) mass is 264 g/mol. The largest absolute Gasteiger partial charge is 0.481 e. The van der Waals surface area contributed by atoms with Crippen molar-refractivity contribution in [1.29, 1.82) is 0 Å². The van der Waals surface area contributed by atoms with Crippen molar-refractivity contribution < 1.29 is 14.6 Å². The fourth-order valence-electron chi connectivity index (χ4n) is 3.30. The minimum Gasteiger partial charge on any atom is -0.481 e. The molecule has 1 aromatic rings. The van der Waals surface area contributed by atoms with Gasteiger partial charge in [0.1, 0.15) is 5.82 Å². The zero-order chi connectivity index (χ0) is 13.6. The Morgan fingerprint density at radius 2 is 2.32 bits per heavy atom. The highest BCUT2D eigenvalue weighted by Crippen LogP contribution is 2.32. The molecule has 5 heteroatoms. The van der Waals surface area contributed by atoms with E-state index in [2.05, 4.69) is 11.5 Å². The first kappa shape index (κ1) is 12.7. The molecule has 1 fully saturated rings. The van der Waals surface area contributed by atoms with E-state index in [1.54, 1.807) is 0 Å². The van der Waals surface area contributed by atoms with Crippen molar-refractivity contribution >= 4 is 5.97 Å². The number of aliphatic carboxylic acids is 1. The Kier molecular flexibility index (Phi) is 3.09. The molecule has 0 aromatic carbocycles. The van der Waals surface area contributed by atoms with Crippen LogP contribution in [0.3, 0.4) is 0 Å². The van der Waals surface area contributed by atoms with Gasteiger partial charge in [0.05, 0.1) is 24.3 Å². The number of nitrogens with zero attached hydrogens (tertiary/aromatic N) is 2. The van der Waals surface area contributed by atoms with Gasteiger partial charge in [-0.15, -0.1) is 0 Å². The molecule has 2 heterocycles. The lowest BCUT2D eigenvalue weighted by Crippen LogP contribution is -2.22. The molecule has 2 aliphatic rings. The molecule has 1 aliphatic carbocycles. The molecule has 1 saturated heterocycles. The van der Waals surface area contributed by atoms with Crippen molar-refractivity contribution in [3.8, 4) is 0 Å². The number of imidazole rings is 1. The quantitative estimate of drug-likeness (QED) is 0.879. The zero-order valence-corrected chi connectivity index (χ0v) is 11.4. The van der Waals surface area contributed by atoms with Crippen molar-refractivity contribution in [2.24, 2.45) is 13.0 Å². The van der Waals surface area contributed by atoms with Gasteiger partial charge < -0.3 is 14.4 Å². The predicted molar refractivity (Wildman–Crippen MR) is 69.1 cm³/mol. The Bertz CT molecular complexity index is 509. The third-order valence-corrected chi connectivity index (χ3v) is 4.41. The summed E-state index contributed by atoms with van der Waals surface area (Å²) in [5.41, 5.74) is 2.20.